The normalized spacial score (nSPS) is 12.7. The Bertz CT molecular complexity index is 974. The monoisotopic (exact) mass is 536 g/mol. The number of esters is 1. The summed E-state index contributed by atoms with van der Waals surface area (Å²) in [5, 5.41) is 0.673. The average molecular weight is 538 g/mol. The molecule has 0 fully saturated rings. The predicted octanol–water partition coefficient (Wildman–Crippen LogP) is 6.68. The Balaban J connectivity index is 2.24. The van der Waals surface area contributed by atoms with Crippen LogP contribution < -0.4 is 9.47 Å². The van der Waals surface area contributed by atoms with Crippen LogP contribution in [0.5, 0.6) is 11.5 Å². The van der Waals surface area contributed by atoms with Gasteiger partial charge in [0.05, 0.1) is 23.3 Å². The molecule has 1 unspecified atom stereocenters. The third kappa shape index (κ3) is 6.74. The molecule has 0 aromatic heterocycles. The van der Waals surface area contributed by atoms with E-state index in [1.54, 1.807) is 24.3 Å². The van der Waals surface area contributed by atoms with Crippen molar-refractivity contribution < 1.29 is 32.6 Å². The van der Waals surface area contributed by atoms with Crippen LogP contribution in [-0.2, 0) is 19.7 Å². The van der Waals surface area contributed by atoms with E-state index in [0.717, 1.165) is 11.1 Å². The fourth-order valence-electron chi connectivity index (χ4n) is 3.12. The van der Waals surface area contributed by atoms with Gasteiger partial charge in [-0.2, -0.15) is 8.78 Å². The number of ether oxygens (including phenoxy) is 3. The van der Waals surface area contributed by atoms with Crippen LogP contribution in [0.3, 0.4) is 0 Å². The summed E-state index contributed by atoms with van der Waals surface area (Å²) in [7, 11) is 0. The molecule has 0 saturated carbocycles. The minimum atomic E-state index is -4.08. The first-order valence-electron chi connectivity index (χ1n) is 10.5. The van der Waals surface area contributed by atoms with E-state index in [1.807, 2.05) is 13.8 Å². The molecular formula is C24H25Cl3F2O5. The molecule has 2 aromatic carbocycles. The first kappa shape index (κ1) is 28.1. The summed E-state index contributed by atoms with van der Waals surface area (Å²) in [4.78, 5) is 22.7. The summed E-state index contributed by atoms with van der Waals surface area (Å²) in [5.41, 5.74) is 0.914. The number of alkyl halides is 3. The van der Waals surface area contributed by atoms with Gasteiger partial charge < -0.3 is 19.0 Å². The molecule has 0 heterocycles. The number of carbonyl (C=O) groups is 2. The van der Waals surface area contributed by atoms with Gasteiger partial charge >= 0.3 is 12.1 Å². The molecule has 186 valence electrons. The number of carbonyl (C=O) groups excluding carboxylic acids is 2. The number of benzene rings is 2. The molecule has 0 aliphatic rings. The highest BCUT2D eigenvalue weighted by molar-refractivity contribution is 6.37. The van der Waals surface area contributed by atoms with E-state index in [9.17, 15) is 18.4 Å². The summed E-state index contributed by atoms with van der Waals surface area (Å²) < 4.78 is 43.6. The second kappa shape index (κ2) is 12.0. The zero-order valence-corrected chi connectivity index (χ0v) is 21.1. The molecular weight excluding hydrogens is 513 g/mol. The lowest BCUT2D eigenvalue weighted by Crippen LogP contribution is -2.41. The van der Waals surface area contributed by atoms with Crippen molar-refractivity contribution >= 4 is 47.1 Å². The SMILES string of the molecule is CCOC(=O)C(C=O)C(F)(F)Oc1ccc(C(C)(C)c2cc(Cl)c(OCCCCl)c(Cl)c2)cc1. The lowest BCUT2D eigenvalue weighted by atomic mass is 9.78. The standard InChI is InChI=1S/C24H25Cl3F2O5/c1-4-32-22(31)18(14-30)24(28,29)34-17-8-6-15(7-9-17)23(2,3)16-12-19(26)21(20(27)13-16)33-11-5-10-25/h6-9,12-14,18H,4-5,10-11H2,1-3H3. The van der Waals surface area contributed by atoms with Gasteiger partial charge in [-0.05, 0) is 48.7 Å². The Kier molecular flexibility index (Phi) is 9.97. The summed E-state index contributed by atoms with van der Waals surface area (Å²) in [5.74, 6) is -3.14. The van der Waals surface area contributed by atoms with Crippen LogP contribution >= 0.6 is 34.8 Å². The van der Waals surface area contributed by atoms with E-state index in [2.05, 4.69) is 9.47 Å². The van der Waals surface area contributed by atoms with Crippen LogP contribution in [0.15, 0.2) is 36.4 Å². The largest absolute Gasteiger partial charge is 0.490 e. The molecule has 34 heavy (non-hydrogen) atoms. The van der Waals surface area contributed by atoms with E-state index in [1.165, 1.54) is 19.1 Å². The molecule has 2 rings (SSSR count). The number of hydrogen-bond acceptors (Lipinski definition) is 5. The smallest absolute Gasteiger partial charge is 0.418 e. The summed E-state index contributed by atoms with van der Waals surface area (Å²) in [6.07, 6.45) is -3.63. The van der Waals surface area contributed by atoms with Gasteiger partial charge in [0.25, 0.3) is 0 Å². The summed E-state index contributed by atoms with van der Waals surface area (Å²) in [6, 6.07) is 9.30. The Morgan fingerprint density at radius 1 is 1.09 bits per heavy atom. The quantitative estimate of drug-likeness (QED) is 0.0994. The molecule has 0 aliphatic heterocycles. The van der Waals surface area contributed by atoms with E-state index in [4.69, 9.17) is 39.5 Å². The first-order chi connectivity index (χ1) is 16.0. The van der Waals surface area contributed by atoms with Gasteiger partial charge in [-0.3, -0.25) is 4.79 Å². The van der Waals surface area contributed by atoms with Gasteiger partial charge in [-0.1, -0.05) is 49.2 Å². The number of rotatable bonds is 12. The van der Waals surface area contributed by atoms with Crippen molar-refractivity contribution in [1.82, 2.24) is 0 Å². The van der Waals surface area contributed by atoms with Crippen molar-refractivity contribution in [3.05, 3.63) is 57.6 Å². The maximum Gasteiger partial charge on any atom is 0.418 e. The van der Waals surface area contributed by atoms with E-state index in [-0.39, 0.29) is 18.6 Å². The molecule has 0 radical (unpaired) electrons. The number of hydrogen-bond donors (Lipinski definition) is 0. The minimum absolute atomic E-state index is 0.141. The third-order valence-corrected chi connectivity index (χ3v) is 5.94. The number of aldehydes is 1. The average Bonchev–Trinajstić information content (AvgIpc) is 2.76. The highest BCUT2D eigenvalue weighted by Crippen LogP contribution is 2.41. The van der Waals surface area contributed by atoms with Crippen molar-refractivity contribution in [3.8, 4) is 11.5 Å². The fourth-order valence-corrected chi connectivity index (χ4v) is 3.82. The Morgan fingerprint density at radius 3 is 2.18 bits per heavy atom. The molecule has 0 amide bonds. The Labute approximate surface area is 212 Å². The molecule has 5 nitrogen and oxygen atoms in total. The molecule has 1 atom stereocenters. The molecule has 0 N–H and O–H groups in total. The summed E-state index contributed by atoms with van der Waals surface area (Å²) >= 11 is 18.4. The maximum atomic E-state index is 14.4. The highest BCUT2D eigenvalue weighted by atomic mass is 35.5. The van der Waals surface area contributed by atoms with E-state index < -0.39 is 23.4 Å². The lowest BCUT2D eigenvalue weighted by molar-refractivity contribution is -0.218. The molecule has 0 saturated heterocycles. The minimum Gasteiger partial charge on any atom is -0.490 e. The van der Waals surface area contributed by atoms with Gasteiger partial charge in [-0.15, -0.1) is 11.6 Å². The third-order valence-electron chi connectivity index (χ3n) is 5.11. The molecule has 0 aliphatic carbocycles. The van der Waals surface area contributed by atoms with Gasteiger partial charge in [0.2, 0.25) is 5.92 Å². The zero-order valence-electron chi connectivity index (χ0n) is 18.9. The van der Waals surface area contributed by atoms with Crippen LogP contribution in [0, 0.1) is 5.92 Å². The van der Waals surface area contributed by atoms with E-state index >= 15 is 0 Å². The summed E-state index contributed by atoms with van der Waals surface area (Å²) in [6.45, 7) is 5.51. The van der Waals surface area contributed by atoms with Crippen LogP contribution in [0.4, 0.5) is 8.78 Å². The van der Waals surface area contributed by atoms with Gasteiger partial charge in [0.15, 0.2) is 5.75 Å². The van der Waals surface area contributed by atoms with E-state index in [0.29, 0.717) is 34.7 Å². The van der Waals surface area contributed by atoms with Gasteiger partial charge in [0, 0.05) is 11.3 Å². The van der Waals surface area contributed by atoms with Gasteiger partial charge in [0.1, 0.15) is 12.0 Å². The van der Waals surface area contributed by atoms with Crippen LogP contribution in [-0.4, -0.2) is 37.5 Å². The maximum absolute atomic E-state index is 14.4. The second-order valence-corrected chi connectivity index (χ2v) is 9.03. The van der Waals surface area contributed by atoms with Crippen molar-refractivity contribution in [2.45, 2.75) is 38.7 Å². The number of halogens is 5. The predicted molar refractivity (Wildman–Crippen MR) is 128 cm³/mol. The van der Waals surface area contributed by atoms with Crippen LogP contribution in [0.25, 0.3) is 0 Å². The molecule has 0 bridgehead atoms. The fraction of sp³-hybridized carbons (Fsp3) is 0.417. The molecule has 2 aromatic rings. The Morgan fingerprint density at radius 2 is 1.68 bits per heavy atom. The van der Waals surface area contributed by atoms with Crippen molar-refractivity contribution in [1.29, 1.82) is 0 Å². The van der Waals surface area contributed by atoms with Crippen molar-refractivity contribution in [2.75, 3.05) is 19.1 Å². The topological polar surface area (TPSA) is 61.8 Å². The molecule has 10 heteroatoms. The second-order valence-electron chi connectivity index (χ2n) is 7.84. The highest BCUT2D eigenvalue weighted by Gasteiger charge is 2.48. The van der Waals surface area contributed by atoms with Crippen LogP contribution in [0.2, 0.25) is 10.0 Å². The first-order valence-corrected chi connectivity index (χ1v) is 11.7. The van der Waals surface area contributed by atoms with Gasteiger partial charge in [-0.25, -0.2) is 0 Å². The molecule has 0 spiro atoms. The van der Waals surface area contributed by atoms with Crippen LogP contribution in [0.1, 0.15) is 38.3 Å². The van der Waals surface area contributed by atoms with Crippen molar-refractivity contribution in [2.24, 2.45) is 5.92 Å². The zero-order chi connectivity index (χ0) is 25.5. The lowest BCUT2D eigenvalue weighted by Gasteiger charge is -2.28. The Hall–Kier alpha value is -2.09. The van der Waals surface area contributed by atoms with Crippen molar-refractivity contribution in [3.63, 3.8) is 0 Å².